The number of rotatable bonds is 10. The molecular weight excluding hydrogens is 346 g/mol. The van der Waals surface area contributed by atoms with E-state index in [-0.39, 0.29) is 5.91 Å². The first-order valence-corrected chi connectivity index (χ1v) is 11.2. The lowest BCUT2D eigenvalue weighted by Crippen LogP contribution is -2.35. The summed E-state index contributed by atoms with van der Waals surface area (Å²) in [7, 11) is 0. The van der Waals surface area contributed by atoms with E-state index in [0.29, 0.717) is 28.7 Å². The van der Waals surface area contributed by atoms with Gasteiger partial charge in [0.1, 0.15) is 0 Å². The Labute approximate surface area is 162 Å². The number of nitrogens with zero attached hydrogens (tertiary/aromatic N) is 3. The SMILES string of the molecule is CC(C)CCN(CCC(C)C)C(=O)CSc1nnc(C2CCCCC2)o1. The van der Waals surface area contributed by atoms with Gasteiger partial charge in [0.2, 0.25) is 11.8 Å². The summed E-state index contributed by atoms with van der Waals surface area (Å²) >= 11 is 1.38. The van der Waals surface area contributed by atoms with Crippen LogP contribution in [0.15, 0.2) is 9.64 Å². The second-order valence-electron chi connectivity index (χ2n) is 8.28. The van der Waals surface area contributed by atoms with Crippen LogP contribution < -0.4 is 0 Å². The number of carbonyl (C=O) groups excluding carboxylic acids is 1. The molecule has 2 rings (SSSR count). The maximum Gasteiger partial charge on any atom is 0.277 e. The number of thioether (sulfide) groups is 1. The summed E-state index contributed by atoms with van der Waals surface area (Å²) in [4.78, 5) is 14.7. The number of aromatic nitrogens is 2. The van der Waals surface area contributed by atoms with Crippen molar-refractivity contribution in [2.75, 3.05) is 18.8 Å². The molecule has 0 unspecified atom stereocenters. The Morgan fingerprint density at radius 1 is 1.08 bits per heavy atom. The molecule has 5 nitrogen and oxygen atoms in total. The zero-order chi connectivity index (χ0) is 18.9. The van der Waals surface area contributed by atoms with Gasteiger partial charge in [-0.25, -0.2) is 0 Å². The normalized spacial score (nSPS) is 15.8. The maximum atomic E-state index is 12.7. The van der Waals surface area contributed by atoms with E-state index in [1.165, 1.54) is 31.0 Å². The predicted molar refractivity (Wildman–Crippen MR) is 106 cm³/mol. The molecule has 0 atom stereocenters. The molecule has 0 N–H and O–H groups in total. The van der Waals surface area contributed by atoms with Gasteiger partial charge in [0.05, 0.1) is 5.75 Å². The third-order valence-electron chi connectivity index (χ3n) is 5.00. The quantitative estimate of drug-likeness (QED) is 0.526. The van der Waals surface area contributed by atoms with Crippen LogP contribution >= 0.6 is 11.8 Å². The van der Waals surface area contributed by atoms with Crippen molar-refractivity contribution in [3.05, 3.63) is 5.89 Å². The molecular formula is C20H35N3O2S. The van der Waals surface area contributed by atoms with E-state index in [1.54, 1.807) is 0 Å². The average molecular weight is 382 g/mol. The number of hydrogen-bond donors (Lipinski definition) is 0. The van der Waals surface area contributed by atoms with E-state index in [2.05, 4.69) is 37.9 Å². The molecule has 1 aliphatic carbocycles. The molecule has 0 aromatic carbocycles. The summed E-state index contributed by atoms with van der Waals surface area (Å²) in [5.41, 5.74) is 0. The Morgan fingerprint density at radius 3 is 2.27 bits per heavy atom. The Kier molecular flexibility index (Phi) is 8.96. The topological polar surface area (TPSA) is 59.2 Å². The highest BCUT2D eigenvalue weighted by molar-refractivity contribution is 7.99. The fraction of sp³-hybridized carbons (Fsp3) is 0.850. The minimum Gasteiger partial charge on any atom is -0.416 e. The molecule has 1 aromatic rings. The van der Waals surface area contributed by atoms with Crippen LogP contribution in [0.5, 0.6) is 0 Å². The fourth-order valence-electron chi connectivity index (χ4n) is 3.20. The van der Waals surface area contributed by atoms with Gasteiger partial charge in [-0.05, 0) is 37.5 Å². The largest absolute Gasteiger partial charge is 0.416 e. The lowest BCUT2D eigenvalue weighted by molar-refractivity contribution is -0.128. The van der Waals surface area contributed by atoms with Crippen molar-refractivity contribution in [3.8, 4) is 0 Å². The van der Waals surface area contributed by atoms with Crippen molar-refractivity contribution >= 4 is 17.7 Å². The second-order valence-corrected chi connectivity index (χ2v) is 9.20. The molecule has 0 bridgehead atoms. The highest BCUT2D eigenvalue weighted by Crippen LogP contribution is 2.32. The van der Waals surface area contributed by atoms with Gasteiger partial charge >= 0.3 is 0 Å². The van der Waals surface area contributed by atoms with Gasteiger partial charge in [-0.1, -0.05) is 58.7 Å². The van der Waals surface area contributed by atoms with E-state index in [0.717, 1.165) is 44.7 Å². The van der Waals surface area contributed by atoms with Gasteiger partial charge in [-0.3, -0.25) is 4.79 Å². The van der Waals surface area contributed by atoms with E-state index >= 15 is 0 Å². The highest BCUT2D eigenvalue weighted by Gasteiger charge is 2.22. The first-order chi connectivity index (χ1) is 12.5. The Bertz CT molecular complexity index is 527. The van der Waals surface area contributed by atoms with Crippen molar-refractivity contribution in [1.29, 1.82) is 0 Å². The molecule has 1 heterocycles. The minimum atomic E-state index is 0.175. The van der Waals surface area contributed by atoms with Crippen LogP contribution in [-0.4, -0.2) is 39.8 Å². The number of amides is 1. The zero-order valence-corrected chi connectivity index (χ0v) is 17.7. The average Bonchev–Trinajstić information content (AvgIpc) is 3.09. The summed E-state index contributed by atoms with van der Waals surface area (Å²) in [5, 5.41) is 8.90. The molecule has 0 aliphatic heterocycles. The van der Waals surface area contributed by atoms with Gasteiger partial charge in [0.15, 0.2) is 0 Å². The van der Waals surface area contributed by atoms with Crippen LogP contribution in [0.25, 0.3) is 0 Å². The van der Waals surface area contributed by atoms with E-state index < -0.39 is 0 Å². The first-order valence-electron chi connectivity index (χ1n) is 10.2. The van der Waals surface area contributed by atoms with Gasteiger partial charge in [-0.2, -0.15) is 0 Å². The fourth-order valence-corrected chi connectivity index (χ4v) is 3.87. The lowest BCUT2D eigenvalue weighted by Gasteiger charge is -2.24. The van der Waals surface area contributed by atoms with Crippen molar-refractivity contribution in [2.45, 2.75) is 83.8 Å². The van der Waals surface area contributed by atoms with Crippen molar-refractivity contribution in [3.63, 3.8) is 0 Å². The Hall–Kier alpha value is -1.04. The maximum absolute atomic E-state index is 12.7. The molecule has 26 heavy (non-hydrogen) atoms. The zero-order valence-electron chi connectivity index (χ0n) is 16.9. The minimum absolute atomic E-state index is 0.175. The third kappa shape index (κ3) is 7.29. The van der Waals surface area contributed by atoms with Crippen LogP contribution in [0, 0.1) is 11.8 Å². The van der Waals surface area contributed by atoms with Crippen LogP contribution in [0.3, 0.4) is 0 Å². The Morgan fingerprint density at radius 2 is 1.69 bits per heavy atom. The molecule has 1 fully saturated rings. The molecule has 0 spiro atoms. The van der Waals surface area contributed by atoms with Crippen molar-refractivity contribution < 1.29 is 9.21 Å². The van der Waals surface area contributed by atoms with Gasteiger partial charge < -0.3 is 9.32 Å². The van der Waals surface area contributed by atoms with E-state index in [1.807, 2.05) is 4.90 Å². The van der Waals surface area contributed by atoms with Gasteiger partial charge in [0.25, 0.3) is 5.22 Å². The lowest BCUT2D eigenvalue weighted by atomic mass is 9.89. The smallest absolute Gasteiger partial charge is 0.277 e. The molecule has 1 aliphatic rings. The standard InChI is InChI=1S/C20H35N3O2S/c1-15(2)10-12-23(13-11-16(3)4)18(24)14-26-20-22-21-19(25-20)17-8-6-5-7-9-17/h15-17H,5-14H2,1-4H3. The summed E-state index contributed by atoms with van der Waals surface area (Å²) in [6.45, 7) is 10.5. The first kappa shape index (κ1) is 21.3. The van der Waals surface area contributed by atoms with Gasteiger partial charge in [-0.15, -0.1) is 10.2 Å². The summed E-state index contributed by atoms with van der Waals surface area (Å²) in [6.07, 6.45) is 8.17. The third-order valence-corrected chi connectivity index (χ3v) is 5.80. The van der Waals surface area contributed by atoms with Gasteiger partial charge in [0, 0.05) is 19.0 Å². The number of hydrogen-bond acceptors (Lipinski definition) is 5. The molecule has 0 saturated heterocycles. The van der Waals surface area contributed by atoms with E-state index in [9.17, 15) is 4.79 Å². The molecule has 1 amide bonds. The van der Waals surface area contributed by atoms with Crippen LogP contribution in [0.2, 0.25) is 0 Å². The number of carbonyl (C=O) groups is 1. The van der Waals surface area contributed by atoms with Crippen LogP contribution in [-0.2, 0) is 4.79 Å². The van der Waals surface area contributed by atoms with Crippen molar-refractivity contribution in [2.24, 2.45) is 11.8 Å². The highest BCUT2D eigenvalue weighted by atomic mass is 32.2. The van der Waals surface area contributed by atoms with Crippen molar-refractivity contribution in [1.82, 2.24) is 15.1 Å². The monoisotopic (exact) mass is 381 g/mol. The molecule has 6 heteroatoms. The summed E-state index contributed by atoms with van der Waals surface area (Å²) in [6, 6.07) is 0. The molecule has 0 radical (unpaired) electrons. The predicted octanol–water partition coefficient (Wildman–Crippen LogP) is 5.13. The van der Waals surface area contributed by atoms with E-state index in [4.69, 9.17) is 4.42 Å². The van der Waals surface area contributed by atoms with Crippen LogP contribution in [0.4, 0.5) is 0 Å². The molecule has 1 aromatic heterocycles. The summed E-state index contributed by atoms with van der Waals surface area (Å²) in [5.74, 6) is 2.93. The summed E-state index contributed by atoms with van der Waals surface area (Å²) < 4.78 is 5.82. The Balaban J connectivity index is 1.84. The molecule has 1 saturated carbocycles. The second kappa shape index (κ2) is 11.0. The molecule has 148 valence electrons. The van der Waals surface area contributed by atoms with Crippen LogP contribution in [0.1, 0.15) is 84.4 Å².